The highest BCUT2D eigenvalue weighted by Crippen LogP contribution is 2.17. The lowest BCUT2D eigenvalue weighted by atomic mass is 10.2. The summed E-state index contributed by atoms with van der Waals surface area (Å²) < 4.78 is 5.13. The molecule has 1 aromatic carbocycles. The minimum absolute atomic E-state index is 0.118. The lowest BCUT2D eigenvalue weighted by Gasteiger charge is -2.22. The third kappa shape index (κ3) is 5.20. The van der Waals surface area contributed by atoms with Crippen LogP contribution in [-0.2, 0) is 4.79 Å². The highest BCUT2D eigenvalue weighted by Gasteiger charge is 2.22. The van der Waals surface area contributed by atoms with E-state index in [1.54, 1.807) is 37.5 Å². The van der Waals surface area contributed by atoms with Crippen molar-refractivity contribution in [1.82, 2.24) is 10.2 Å². The normalized spacial score (nSPS) is 15.1. The van der Waals surface area contributed by atoms with E-state index in [0.29, 0.717) is 17.0 Å². The summed E-state index contributed by atoms with van der Waals surface area (Å²) in [6, 6.07) is 10.7. The van der Waals surface area contributed by atoms with Gasteiger partial charge in [0.1, 0.15) is 11.4 Å². The van der Waals surface area contributed by atoms with Crippen LogP contribution in [0, 0.1) is 0 Å². The van der Waals surface area contributed by atoms with Gasteiger partial charge in [-0.1, -0.05) is 18.9 Å². The highest BCUT2D eigenvalue weighted by atomic mass is 32.1. The molecule has 0 unspecified atom stereocenters. The Hall–Kier alpha value is -2.60. The topological polar surface area (TPSA) is 58.6 Å². The first-order valence-electron chi connectivity index (χ1n) is 9.17. The van der Waals surface area contributed by atoms with Crippen molar-refractivity contribution in [2.24, 2.45) is 0 Å². The first-order valence-corrected chi connectivity index (χ1v) is 10.1. The molecule has 0 radical (unpaired) electrons. The standard InChI is InChI=1S/C21H24N2O3S/c1-26-17-10-8-16(9-11-17)20(24)22-19(15-18-7-6-14-27-18)21(25)23-12-4-2-3-5-13-23/h6-11,14-15H,2-5,12-13H2,1H3,(H,22,24)/b19-15+. The quantitative estimate of drug-likeness (QED) is 0.795. The Morgan fingerprint density at radius 3 is 2.37 bits per heavy atom. The van der Waals surface area contributed by atoms with Crippen LogP contribution >= 0.6 is 11.3 Å². The first kappa shape index (κ1) is 19.2. The van der Waals surface area contributed by atoms with Crippen molar-refractivity contribution in [1.29, 1.82) is 0 Å². The maximum Gasteiger partial charge on any atom is 0.270 e. The number of rotatable bonds is 5. The fourth-order valence-corrected chi connectivity index (χ4v) is 3.71. The highest BCUT2D eigenvalue weighted by molar-refractivity contribution is 7.10. The Balaban J connectivity index is 1.81. The van der Waals surface area contributed by atoms with Crippen LogP contribution in [0.3, 0.4) is 0 Å². The Bertz CT molecular complexity index is 789. The smallest absolute Gasteiger partial charge is 0.270 e. The number of carbonyl (C=O) groups is 2. The number of benzene rings is 1. The van der Waals surface area contributed by atoms with Crippen LogP contribution in [0.25, 0.3) is 6.08 Å². The van der Waals surface area contributed by atoms with Gasteiger partial charge in [0.2, 0.25) is 0 Å². The van der Waals surface area contributed by atoms with E-state index in [-0.39, 0.29) is 11.8 Å². The van der Waals surface area contributed by atoms with E-state index in [0.717, 1.165) is 43.6 Å². The maximum absolute atomic E-state index is 13.1. The summed E-state index contributed by atoms with van der Waals surface area (Å²) in [7, 11) is 1.58. The van der Waals surface area contributed by atoms with Crippen LogP contribution in [0.15, 0.2) is 47.5 Å². The predicted molar refractivity (Wildman–Crippen MR) is 108 cm³/mol. The summed E-state index contributed by atoms with van der Waals surface area (Å²) in [5.74, 6) is 0.261. The Labute approximate surface area is 163 Å². The van der Waals surface area contributed by atoms with Gasteiger partial charge < -0.3 is 15.0 Å². The maximum atomic E-state index is 13.1. The van der Waals surface area contributed by atoms with Crippen LogP contribution in [0.4, 0.5) is 0 Å². The van der Waals surface area contributed by atoms with Crippen molar-refractivity contribution in [2.75, 3.05) is 20.2 Å². The average Bonchev–Trinajstić information content (AvgIpc) is 3.06. The molecular weight excluding hydrogens is 360 g/mol. The zero-order chi connectivity index (χ0) is 19.1. The molecule has 2 aromatic rings. The van der Waals surface area contributed by atoms with Gasteiger partial charge in [-0.15, -0.1) is 11.3 Å². The van der Waals surface area contributed by atoms with Crippen molar-refractivity contribution in [2.45, 2.75) is 25.7 Å². The van der Waals surface area contributed by atoms with Crippen molar-refractivity contribution >= 4 is 29.2 Å². The number of amides is 2. The summed E-state index contributed by atoms with van der Waals surface area (Å²) in [6.45, 7) is 1.47. The fraction of sp³-hybridized carbons (Fsp3) is 0.333. The average molecular weight is 385 g/mol. The van der Waals surface area contributed by atoms with E-state index >= 15 is 0 Å². The third-order valence-corrected chi connectivity index (χ3v) is 5.37. The predicted octanol–water partition coefficient (Wildman–Crippen LogP) is 3.93. The van der Waals surface area contributed by atoms with Crippen molar-refractivity contribution in [3.8, 4) is 5.75 Å². The minimum atomic E-state index is -0.302. The first-order chi connectivity index (χ1) is 13.2. The van der Waals surface area contributed by atoms with E-state index in [1.165, 1.54) is 11.3 Å². The second-order valence-corrected chi connectivity index (χ2v) is 7.44. The third-order valence-electron chi connectivity index (χ3n) is 4.55. The van der Waals surface area contributed by atoms with Gasteiger partial charge in [-0.2, -0.15) is 0 Å². The number of thiophene rings is 1. The molecule has 2 heterocycles. The number of carbonyl (C=O) groups excluding carboxylic acids is 2. The molecule has 1 aliphatic heterocycles. The van der Waals surface area contributed by atoms with Crippen molar-refractivity contribution < 1.29 is 14.3 Å². The van der Waals surface area contributed by atoms with Gasteiger partial charge in [-0.05, 0) is 54.6 Å². The van der Waals surface area contributed by atoms with Crippen LogP contribution < -0.4 is 10.1 Å². The molecule has 6 heteroatoms. The van der Waals surface area contributed by atoms with Crippen molar-refractivity contribution in [3.63, 3.8) is 0 Å². The number of likely N-dealkylation sites (tertiary alicyclic amines) is 1. The van der Waals surface area contributed by atoms with E-state index < -0.39 is 0 Å². The summed E-state index contributed by atoms with van der Waals surface area (Å²) >= 11 is 1.53. The molecule has 1 N–H and O–H groups in total. The van der Waals surface area contributed by atoms with Gasteiger partial charge >= 0.3 is 0 Å². The number of ether oxygens (including phenoxy) is 1. The molecule has 1 aliphatic rings. The van der Waals surface area contributed by atoms with E-state index in [1.807, 2.05) is 22.4 Å². The van der Waals surface area contributed by atoms with Gasteiger partial charge in [0.05, 0.1) is 7.11 Å². The second-order valence-electron chi connectivity index (χ2n) is 6.46. The van der Waals surface area contributed by atoms with Gasteiger partial charge in [0, 0.05) is 23.5 Å². The van der Waals surface area contributed by atoms with E-state index in [2.05, 4.69) is 5.32 Å². The van der Waals surface area contributed by atoms with Crippen LogP contribution in [-0.4, -0.2) is 36.9 Å². The fourth-order valence-electron chi connectivity index (χ4n) is 3.05. The molecule has 1 saturated heterocycles. The molecule has 5 nitrogen and oxygen atoms in total. The summed E-state index contributed by atoms with van der Waals surface area (Å²) in [5.41, 5.74) is 0.803. The summed E-state index contributed by atoms with van der Waals surface area (Å²) in [5, 5.41) is 4.77. The number of hydrogen-bond donors (Lipinski definition) is 1. The van der Waals surface area contributed by atoms with Crippen LogP contribution in [0.2, 0.25) is 0 Å². The molecule has 3 rings (SSSR count). The molecule has 0 atom stereocenters. The molecule has 1 fully saturated rings. The Morgan fingerprint density at radius 1 is 1.07 bits per heavy atom. The number of methoxy groups -OCH3 is 1. The number of nitrogens with one attached hydrogen (secondary N) is 1. The lowest BCUT2D eigenvalue weighted by Crippen LogP contribution is -2.38. The Morgan fingerprint density at radius 2 is 1.78 bits per heavy atom. The van der Waals surface area contributed by atoms with Gasteiger partial charge in [-0.25, -0.2) is 0 Å². The van der Waals surface area contributed by atoms with Crippen LogP contribution in [0.5, 0.6) is 5.75 Å². The molecular formula is C21H24N2O3S. The minimum Gasteiger partial charge on any atom is -0.497 e. The molecule has 0 spiro atoms. The molecule has 0 bridgehead atoms. The van der Waals surface area contributed by atoms with Crippen molar-refractivity contribution in [3.05, 3.63) is 57.9 Å². The van der Waals surface area contributed by atoms with Gasteiger partial charge in [0.15, 0.2) is 0 Å². The monoisotopic (exact) mass is 384 g/mol. The number of nitrogens with zero attached hydrogens (tertiary/aromatic N) is 1. The van der Waals surface area contributed by atoms with E-state index in [4.69, 9.17) is 4.74 Å². The van der Waals surface area contributed by atoms with Gasteiger partial charge in [-0.3, -0.25) is 9.59 Å². The molecule has 2 amide bonds. The number of hydrogen-bond acceptors (Lipinski definition) is 4. The zero-order valence-electron chi connectivity index (χ0n) is 15.4. The SMILES string of the molecule is COc1ccc(C(=O)N/C(=C/c2cccs2)C(=O)N2CCCCCC2)cc1. The molecule has 27 heavy (non-hydrogen) atoms. The summed E-state index contributed by atoms with van der Waals surface area (Å²) in [4.78, 5) is 28.5. The molecule has 0 aliphatic carbocycles. The lowest BCUT2D eigenvalue weighted by molar-refractivity contribution is -0.127. The zero-order valence-corrected chi connectivity index (χ0v) is 16.3. The molecule has 142 valence electrons. The Kier molecular flexibility index (Phi) is 6.65. The largest absolute Gasteiger partial charge is 0.497 e. The molecule has 1 aromatic heterocycles. The summed E-state index contributed by atoms with van der Waals surface area (Å²) in [6.07, 6.45) is 6.06. The molecule has 0 saturated carbocycles. The van der Waals surface area contributed by atoms with Gasteiger partial charge in [0.25, 0.3) is 11.8 Å². The van der Waals surface area contributed by atoms with E-state index in [9.17, 15) is 9.59 Å². The van der Waals surface area contributed by atoms with Crippen LogP contribution in [0.1, 0.15) is 40.9 Å². The second kappa shape index (κ2) is 9.37.